The van der Waals surface area contributed by atoms with Gasteiger partial charge in [-0.15, -0.1) is 0 Å². The van der Waals surface area contributed by atoms with Gasteiger partial charge in [-0.05, 0) is 48.7 Å². The van der Waals surface area contributed by atoms with Crippen LogP contribution in [0.15, 0.2) is 53.3 Å². The van der Waals surface area contributed by atoms with E-state index in [0.717, 1.165) is 16.5 Å². The number of hydrogen-bond donors (Lipinski definition) is 1. The normalized spacial score (nSPS) is 14.3. The molecule has 1 atom stereocenters. The van der Waals surface area contributed by atoms with Crippen LogP contribution in [0.1, 0.15) is 18.1 Å². The van der Waals surface area contributed by atoms with Gasteiger partial charge in [0.25, 0.3) is 0 Å². The molecule has 1 aromatic carbocycles. The van der Waals surface area contributed by atoms with Crippen molar-refractivity contribution in [2.45, 2.75) is 18.9 Å². The molecule has 2 N–H and O–H groups in total. The van der Waals surface area contributed by atoms with Crippen LogP contribution >= 0.6 is 15.9 Å². The molecule has 1 aromatic heterocycles. The molecule has 0 aliphatic rings. The number of pyridine rings is 1. The maximum atomic E-state index is 6.38. The molecule has 0 fully saturated rings. The zero-order valence-electron chi connectivity index (χ0n) is 9.73. The van der Waals surface area contributed by atoms with Gasteiger partial charge in [0, 0.05) is 22.4 Å². The number of benzene rings is 1. The first-order valence-corrected chi connectivity index (χ1v) is 6.31. The summed E-state index contributed by atoms with van der Waals surface area (Å²) in [7, 11) is 0. The molecule has 88 valence electrons. The molecule has 0 bridgehead atoms. The summed E-state index contributed by atoms with van der Waals surface area (Å²) in [5.41, 5.74) is 8.36. The van der Waals surface area contributed by atoms with Crippen molar-refractivity contribution < 1.29 is 0 Å². The molecule has 2 nitrogen and oxygen atoms in total. The van der Waals surface area contributed by atoms with Crippen molar-refractivity contribution in [1.82, 2.24) is 4.98 Å². The molecule has 17 heavy (non-hydrogen) atoms. The highest BCUT2D eigenvalue weighted by Gasteiger charge is 2.21. The van der Waals surface area contributed by atoms with Crippen LogP contribution in [0.5, 0.6) is 0 Å². The van der Waals surface area contributed by atoms with Gasteiger partial charge in [0.1, 0.15) is 0 Å². The quantitative estimate of drug-likeness (QED) is 0.942. The van der Waals surface area contributed by atoms with E-state index in [1.54, 1.807) is 12.4 Å². The summed E-state index contributed by atoms with van der Waals surface area (Å²) in [5.74, 6) is 0. The fourth-order valence-electron chi connectivity index (χ4n) is 1.86. The summed E-state index contributed by atoms with van der Waals surface area (Å²) in [6, 6.07) is 12.2. The number of nitrogens with zero attached hydrogens (tertiary/aromatic N) is 1. The van der Waals surface area contributed by atoms with E-state index in [1.807, 2.05) is 24.3 Å². The number of aromatic nitrogens is 1. The Morgan fingerprint density at radius 3 is 2.29 bits per heavy atom. The summed E-state index contributed by atoms with van der Waals surface area (Å²) < 4.78 is 1.07. The molecule has 1 heterocycles. The Labute approximate surface area is 110 Å². The van der Waals surface area contributed by atoms with Crippen molar-refractivity contribution >= 4 is 15.9 Å². The third-order valence-electron chi connectivity index (χ3n) is 2.82. The first-order valence-electron chi connectivity index (χ1n) is 5.52. The van der Waals surface area contributed by atoms with E-state index in [-0.39, 0.29) is 5.54 Å². The minimum Gasteiger partial charge on any atom is -0.321 e. The Bertz CT molecular complexity index is 477. The van der Waals surface area contributed by atoms with E-state index in [1.165, 1.54) is 5.56 Å². The molecule has 0 amide bonds. The Morgan fingerprint density at radius 2 is 1.71 bits per heavy atom. The van der Waals surface area contributed by atoms with Crippen LogP contribution in [0.3, 0.4) is 0 Å². The third-order valence-corrected chi connectivity index (χ3v) is 3.35. The Balaban J connectivity index is 2.21. The van der Waals surface area contributed by atoms with Crippen LogP contribution in [-0.4, -0.2) is 4.98 Å². The van der Waals surface area contributed by atoms with Crippen LogP contribution in [-0.2, 0) is 12.0 Å². The Morgan fingerprint density at radius 1 is 1.12 bits per heavy atom. The second-order valence-electron chi connectivity index (χ2n) is 4.46. The van der Waals surface area contributed by atoms with Gasteiger partial charge < -0.3 is 5.73 Å². The molecule has 0 aliphatic heterocycles. The number of halogens is 1. The van der Waals surface area contributed by atoms with Crippen LogP contribution in [0.25, 0.3) is 0 Å². The standard InChI is InChI=1S/C14H15BrN2/c1-14(16,10-11-6-8-17-9-7-11)12-2-4-13(15)5-3-12/h2-9H,10,16H2,1H3. The molecular formula is C14H15BrN2. The van der Waals surface area contributed by atoms with Gasteiger partial charge in [-0.2, -0.15) is 0 Å². The number of hydrogen-bond acceptors (Lipinski definition) is 2. The summed E-state index contributed by atoms with van der Waals surface area (Å²) in [6.45, 7) is 2.05. The molecule has 3 heteroatoms. The molecule has 0 spiro atoms. The lowest BCUT2D eigenvalue weighted by Gasteiger charge is -2.25. The summed E-state index contributed by atoms with van der Waals surface area (Å²) in [6.07, 6.45) is 4.40. The Kier molecular flexibility index (Phi) is 3.60. The first kappa shape index (κ1) is 12.3. The van der Waals surface area contributed by atoms with Gasteiger partial charge in [0.15, 0.2) is 0 Å². The van der Waals surface area contributed by atoms with Crippen molar-refractivity contribution in [3.8, 4) is 0 Å². The van der Waals surface area contributed by atoms with E-state index in [0.29, 0.717) is 0 Å². The van der Waals surface area contributed by atoms with E-state index >= 15 is 0 Å². The van der Waals surface area contributed by atoms with Gasteiger partial charge in [-0.1, -0.05) is 28.1 Å². The Hall–Kier alpha value is -1.19. The highest BCUT2D eigenvalue weighted by molar-refractivity contribution is 9.10. The van der Waals surface area contributed by atoms with Crippen molar-refractivity contribution in [2.75, 3.05) is 0 Å². The van der Waals surface area contributed by atoms with E-state index in [4.69, 9.17) is 5.73 Å². The smallest absolute Gasteiger partial charge is 0.0421 e. The van der Waals surface area contributed by atoms with Crippen molar-refractivity contribution in [1.29, 1.82) is 0 Å². The van der Waals surface area contributed by atoms with Crippen LogP contribution in [0, 0.1) is 0 Å². The molecule has 0 saturated heterocycles. The lowest BCUT2D eigenvalue weighted by molar-refractivity contribution is 0.491. The maximum absolute atomic E-state index is 6.38. The highest BCUT2D eigenvalue weighted by Crippen LogP contribution is 2.24. The average Bonchev–Trinajstić information content (AvgIpc) is 2.30. The third kappa shape index (κ3) is 3.14. The molecule has 1 unspecified atom stereocenters. The molecule has 0 saturated carbocycles. The monoisotopic (exact) mass is 290 g/mol. The fraction of sp³-hybridized carbons (Fsp3) is 0.214. The molecule has 0 radical (unpaired) electrons. The minimum atomic E-state index is -0.359. The van der Waals surface area contributed by atoms with E-state index in [9.17, 15) is 0 Å². The average molecular weight is 291 g/mol. The van der Waals surface area contributed by atoms with Crippen molar-refractivity contribution in [2.24, 2.45) is 5.73 Å². The summed E-state index contributed by atoms with van der Waals surface area (Å²) in [4.78, 5) is 4.01. The van der Waals surface area contributed by atoms with Crippen molar-refractivity contribution in [3.63, 3.8) is 0 Å². The topological polar surface area (TPSA) is 38.9 Å². The maximum Gasteiger partial charge on any atom is 0.0421 e. The lowest BCUT2D eigenvalue weighted by atomic mass is 9.87. The SMILES string of the molecule is CC(N)(Cc1ccncc1)c1ccc(Br)cc1. The first-order chi connectivity index (χ1) is 8.08. The second-order valence-corrected chi connectivity index (χ2v) is 5.37. The van der Waals surface area contributed by atoms with E-state index in [2.05, 4.69) is 40.0 Å². The van der Waals surface area contributed by atoms with Crippen LogP contribution < -0.4 is 5.73 Å². The summed E-state index contributed by atoms with van der Waals surface area (Å²) >= 11 is 3.43. The highest BCUT2D eigenvalue weighted by atomic mass is 79.9. The predicted octanol–water partition coefficient (Wildman–Crippen LogP) is 3.26. The second kappa shape index (κ2) is 4.98. The van der Waals surface area contributed by atoms with Gasteiger partial charge >= 0.3 is 0 Å². The van der Waals surface area contributed by atoms with Gasteiger partial charge in [0.2, 0.25) is 0 Å². The van der Waals surface area contributed by atoms with Gasteiger partial charge in [-0.25, -0.2) is 0 Å². The van der Waals surface area contributed by atoms with Gasteiger partial charge in [-0.3, -0.25) is 4.98 Å². The largest absolute Gasteiger partial charge is 0.321 e. The van der Waals surface area contributed by atoms with Crippen LogP contribution in [0.4, 0.5) is 0 Å². The molecule has 2 aromatic rings. The molecular weight excluding hydrogens is 276 g/mol. The molecule has 2 rings (SSSR count). The van der Waals surface area contributed by atoms with Crippen molar-refractivity contribution in [3.05, 3.63) is 64.4 Å². The van der Waals surface area contributed by atoms with E-state index < -0.39 is 0 Å². The summed E-state index contributed by atoms with van der Waals surface area (Å²) in [5, 5.41) is 0. The zero-order chi connectivity index (χ0) is 12.3. The zero-order valence-corrected chi connectivity index (χ0v) is 11.3. The minimum absolute atomic E-state index is 0.359. The predicted molar refractivity (Wildman–Crippen MR) is 73.6 cm³/mol. The fourth-order valence-corrected chi connectivity index (χ4v) is 2.12. The lowest BCUT2D eigenvalue weighted by Crippen LogP contribution is -2.35. The van der Waals surface area contributed by atoms with Gasteiger partial charge in [0.05, 0.1) is 0 Å². The molecule has 0 aliphatic carbocycles. The number of nitrogens with two attached hydrogens (primary N) is 1. The number of rotatable bonds is 3. The van der Waals surface area contributed by atoms with Crippen LogP contribution in [0.2, 0.25) is 0 Å².